The molecule has 4 aromatic rings. The zero-order chi connectivity index (χ0) is 20.9. The number of hydrogen-bond acceptors (Lipinski definition) is 4. The Kier molecular flexibility index (Phi) is 4.89. The fourth-order valence-corrected chi connectivity index (χ4v) is 5.15. The van der Waals surface area contributed by atoms with Gasteiger partial charge in [-0.05, 0) is 60.7 Å². The molecule has 5 rings (SSSR count). The van der Waals surface area contributed by atoms with E-state index in [1.165, 1.54) is 16.2 Å². The summed E-state index contributed by atoms with van der Waals surface area (Å²) < 4.78 is 2.78. The Morgan fingerprint density at radius 3 is 2.13 bits per heavy atom. The van der Waals surface area contributed by atoms with Gasteiger partial charge in [0.2, 0.25) is 5.72 Å². The molecule has 1 aliphatic heterocycles. The van der Waals surface area contributed by atoms with Crippen molar-refractivity contribution in [1.82, 2.24) is 4.98 Å². The molecule has 2 heterocycles. The summed E-state index contributed by atoms with van der Waals surface area (Å²) in [6.07, 6.45) is 0. The molecule has 5 nitrogen and oxygen atoms in total. The molecule has 30 heavy (non-hydrogen) atoms. The maximum Gasteiger partial charge on any atom is 0.331 e. The first kappa shape index (κ1) is 19.7. The number of thiazole rings is 1. The number of urea groups is 1. The standard InChI is InChI=1S/C22H15Br2N3O2S/c23-14-5-9-16(10-6-14)26-13-22(29,20-25-18-3-1-2-4-19(18)30-20)27(21(26)28)17-11-7-15(24)8-12-17/h1-12,29H,13H2. The predicted octanol–water partition coefficient (Wildman–Crippen LogP) is 6.11. The number of amides is 2. The number of carbonyl (C=O) groups is 1. The Bertz CT molecular complexity index is 1210. The summed E-state index contributed by atoms with van der Waals surface area (Å²) in [5.74, 6) is 0. The number of hydrogen-bond donors (Lipinski definition) is 1. The van der Waals surface area contributed by atoms with Gasteiger partial charge < -0.3 is 5.11 Å². The number of carbonyl (C=O) groups excluding carboxylic acids is 1. The molecule has 1 saturated heterocycles. The summed E-state index contributed by atoms with van der Waals surface area (Å²) in [6.45, 7) is 0.0728. The highest BCUT2D eigenvalue weighted by atomic mass is 79.9. The van der Waals surface area contributed by atoms with Crippen LogP contribution in [0, 0.1) is 0 Å². The van der Waals surface area contributed by atoms with Gasteiger partial charge in [-0.1, -0.05) is 44.0 Å². The number of aromatic nitrogens is 1. The molecule has 1 aromatic heterocycles. The smallest absolute Gasteiger partial charge is 0.331 e. The molecule has 150 valence electrons. The van der Waals surface area contributed by atoms with E-state index in [1.54, 1.807) is 4.90 Å². The quantitative estimate of drug-likeness (QED) is 0.338. The molecule has 0 radical (unpaired) electrons. The van der Waals surface area contributed by atoms with Gasteiger partial charge in [0.05, 0.1) is 16.8 Å². The fraction of sp³-hybridized carbons (Fsp3) is 0.0909. The van der Waals surface area contributed by atoms with Gasteiger partial charge in [-0.15, -0.1) is 11.3 Å². The number of aliphatic hydroxyl groups is 1. The number of nitrogens with zero attached hydrogens (tertiary/aromatic N) is 3. The lowest BCUT2D eigenvalue weighted by Gasteiger charge is -2.29. The average Bonchev–Trinajstić information content (AvgIpc) is 3.30. The second-order valence-electron chi connectivity index (χ2n) is 6.96. The van der Waals surface area contributed by atoms with Gasteiger partial charge in [0.1, 0.15) is 5.01 Å². The molecule has 8 heteroatoms. The lowest BCUT2D eigenvalue weighted by Crippen LogP contribution is -2.44. The Labute approximate surface area is 193 Å². The molecule has 0 aliphatic carbocycles. The van der Waals surface area contributed by atoms with Crippen molar-refractivity contribution in [3.63, 3.8) is 0 Å². The van der Waals surface area contributed by atoms with Crippen LogP contribution in [0.5, 0.6) is 0 Å². The van der Waals surface area contributed by atoms with Crippen LogP contribution < -0.4 is 9.80 Å². The monoisotopic (exact) mass is 543 g/mol. The first-order chi connectivity index (χ1) is 14.5. The van der Waals surface area contributed by atoms with E-state index in [4.69, 9.17) is 0 Å². The molecule has 1 fully saturated rings. The van der Waals surface area contributed by atoms with Crippen LogP contribution in [0.2, 0.25) is 0 Å². The summed E-state index contributed by atoms with van der Waals surface area (Å²) in [5, 5.41) is 12.4. The van der Waals surface area contributed by atoms with Gasteiger partial charge in [0.15, 0.2) is 0 Å². The average molecular weight is 545 g/mol. The maximum absolute atomic E-state index is 13.5. The van der Waals surface area contributed by atoms with Crippen molar-refractivity contribution < 1.29 is 9.90 Å². The van der Waals surface area contributed by atoms with E-state index < -0.39 is 5.72 Å². The van der Waals surface area contributed by atoms with Gasteiger partial charge in [-0.2, -0.15) is 0 Å². The molecule has 3 aromatic carbocycles. The van der Waals surface area contributed by atoms with Crippen molar-refractivity contribution in [2.45, 2.75) is 5.72 Å². The van der Waals surface area contributed by atoms with Gasteiger partial charge in [-0.25, -0.2) is 9.78 Å². The third-order valence-corrected chi connectivity index (χ3v) is 7.26. The fourth-order valence-electron chi connectivity index (χ4n) is 3.58. The summed E-state index contributed by atoms with van der Waals surface area (Å²) >= 11 is 8.26. The molecule has 0 saturated carbocycles. The van der Waals surface area contributed by atoms with E-state index in [9.17, 15) is 9.90 Å². The van der Waals surface area contributed by atoms with Crippen molar-refractivity contribution in [3.05, 3.63) is 86.7 Å². The predicted molar refractivity (Wildman–Crippen MR) is 127 cm³/mol. The second kappa shape index (κ2) is 7.46. The number of benzene rings is 3. The highest BCUT2D eigenvalue weighted by Gasteiger charge is 2.53. The number of fused-ring (bicyclic) bond motifs is 1. The minimum absolute atomic E-state index is 0.0728. The summed E-state index contributed by atoms with van der Waals surface area (Å²) in [5.41, 5.74) is 0.518. The van der Waals surface area contributed by atoms with Crippen LogP contribution in [0.4, 0.5) is 16.2 Å². The number of β-amino-alcohol motifs (C(OH)–C–C–N with tert-alkyl or cyclic N) is 1. The Hall–Kier alpha value is -2.26. The third kappa shape index (κ3) is 3.24. The SMILES string of the molecule is O=C1N(c2ccc(Br)cc2)CC(O)(c2nc3ccccc3s2)N1c1ccc(Br)cc1. The first-order valence-electron chi connectivity index (χ1n) is 9.17. The second-order valence-corrected chi connectivity index (χ2v) is 9.82. The topological polar surface area (TPSA) is 56.7 Å². The molecular weight excluding hydrogens is 530 g/mol. The molecule has 0 spiro atoms. The first-order valence-corrected chi connectivity index (χ1v) is 11.6. The van der Waals surface area contributed by atoms with E-state index in [1.807, 2.05) is 72.8 Å². The number of anilines is 2. The van der Waals surface area contributed by atoms with E-state index in [2.05, 4.69) is 36.8 Å². The van der Waals surface area contributed by atoms with E-state index in [0.717, 1.165) is 19.2 Å². The van der Waals surface area contributed by atoms with E-state index in [0.29, 0.717) is 16.4 Å². The molecule has 1 atom stereocenters. The van der Waals surface area contributed by atoms with Crippen LogP contribution in [-0.2, 0) is 5.72 Å². The van der Waals surface area contributed by atoms with Gasteiger partial charge in [-0.3, -0.25) is 9.80 Å². The summed E-state index contributed by atoms with van der Waals surface area (Å²) in [6, 6.07) is 22.2. The van der Waals surface area contributed by atoms with Gasteiger partial charge >= 0.3 is 6.03 Å². The lowest BCUT2D eigenvalue weighted by molar-refractivity contribution is 0.0654. The zero-order valence-corrected chi connectivity index (χ0v) is 19.5. The minimum atomic E-state index is -1.60. The normalized spacial score (nSPS) is 19.1. The van der Waals surface area contributed by atoms with E-state index >= 15 is 0 Å². The maximum atomic E-state index is 13.5. The van der Waals surface area contributed by atoms with Crippen molar-refractivity contribution in [1.29, 1.82) is 0 Å². The third-order valence-electron chi connectivity index (χ3n) is 5.03. The largest absolute Gasteiger partial charge is 0.363 e. The molecular formula is C22H15Br2N3O2S. The van der Waals surface area contributed by atoms with Crippen LogP contribution >= 0.6 is 43.2 Å². The number of para-hydroxylation sites is 1. The van der Waals surface area contributed by atoms with Crippen molar-refractivity contribution in [2.24, 2.45) is 0 Å². The minimum Gasteiger partial charge on any atom is -0.363 e. The Balaban J connectivity index is 1.66. The molecule has 1 N–H and O–H groups in total. The number of rotatable bonds is 3. The summed E-state index contributed by atoms with van der Waals surface area (Å²) in [4.78, 5) is 21.2. The van der Waals surface area contributed by atoms with E-state index in [-0.39, 0.29) is 12.6 Å². The molecule has 1 unspecified atom stereocenters. The number of halogens is 2. The molecule has 1 aliphatic rings. The lowest BCUT2D eigenvalue weighted by atomic mass is 10.2. The zero-order valence-electron chi connectivity index (χ0n) is 15.5. The van der Waals surface area contributed by atoms with Crippen LogP contribution in [0.1, 0.15) is 5.01 Å². The van der Waals surface area contributed by atoms with Crippen molar-refractivity contribution >= 4 is 70.8 Å². The van der Waals surface area contributed by atoms with Crippen molar-refractivity contribution in [3.8, 4) is 0 Å². The Morgan fingerprint density at radius 1 is 0.900 bits per heavy atom. The van der Waals surface area contributed by atoms with Crippen LogP contribution in [-0.4, -0.2) is 22.7 Å². The molecule has 2 amide bonds. The van der Waals surface area contributed by atoms with Gasteiger partial charge in [0.25, 0.3) is 0 Å². The van der Waals surface area contributed by atoms with Crippen LogP contribution in [0.25, 0.3) is 10.2 Å². The highest BCUT2D eigenvalue weighted by molar-refractivity contribution is 9.10. The summed E-state index contributed by atoms with van der Waals surface area (Å²) in [7, 11) is 0. The van der Waals surface area contributed by atoms with Crippen LogP contribution in [0.3, 0.4) is 0 Å². The molecule has 0 bridgehead atoms. The van der Waals surface area contributed by atoms with Gasteiger partial charge in [0, 0.05) is 20.3 Å². The Morgan fingerprint density at radius 2 is 1.50 bits per heavy atom. The highest BCUT2D eigenvalue weighted by Crippen LogP contribution is 2.42. The van der Waals surface area contributed by atoms with Crippen LogP contribution in [0.15, 0.2) is 81.7 Å². The van der Waals surface area contributed by atoms with Crippen molar-refractivity contribution in [2.75, 3.05) is 16.3 Å².